The lowest BCUT2D eigenvalue weighted by Crippen LogP contribution is -2.33. The average Bonchev–Trinajstić information content (AvgIpc) is 2.42. The molecule has 7 heteroatoms. The van der Waals surface area contributed by atoms with E-state index in [9.17, 15) is 12.8 Å². The Morgan fingerprint density at radius 1 is 1.24 bits per heavy atom. The predicted octanol–water partition coefficient (Wildman–Crippen LogP) is 0.318. The van der Waals surface area contributed by atoms with Gasteiger partial charge in [0.05, 0.1) is 11.4 Å². The summed E-state index contributed by atoms with van der Waals surface area (Å²) in [6.07, 6.45) is 0. The van der Waals surface area contributed by atoms with Crippen LogP contribution in [0.2, 0.25) is 0 Å². The van der Waals surface area contributed by atoms with Crippen molar-refractivity contribution in [3.8, 4) is 11.8 Å². The summed E-state index contributed by atoms with van der Waals surface area (Å²) in [5.41, 5.74) is 5.40. The molecule has 5 nitrogen and oxygen atoms in total. The molecule has 0 amide bonds. The van der Waals surface area contributed by atoms with Crippen LogP contribution in [0.15, 0.2) is 23.1 Å². The molecule has 0 heterocycles. The van der Waals surface area contributed by atoms with E-state index in [0.717, 1.165) is 12.1 Å². The summed E-state index contributed by atoms with van der Waals surface area (Å²) in [7, 11) is 1.49. The van der Waals surface area contributed by atoms with Gasteiger partial charge in [0.1, 0.15) is 5.82 Å². The molecule has 0 radical (unpaired) electrons. The first kappa shape index (κ1) is 17.6. The Morgan fingerprint density at radius 3 is 2.48 bits per heavy atom. The van der Waals surface area contributed by atoms with E-state index in [2.05, 4.69) is 11.8 Å². The third-order valence-corrected chi connectivity index (χ3v) is 4.73. The van der Waals surface area contributed by atoms with E-state index in [4.69, 9.17) is 5.73 Å². The van der Waals surface area contributed by atoms with Gasteiger partial charge in [-0.25, -0.2) is 12.8 Å². The van der Waals surface area contributed by atoms with Crippen molar-refractivity contribution in [1.29, 1.82) is 0 Å². The number of likely N-dealkylation sites (N-methyl/N-ethyl adjacent to an activating group) is 2. The van der Waals surface area contributed by atoms with Crippen molar-refractivity contribution < 1.29 is 12.8 Å². The van der Waals surface area contributed by atoms with E-state index in [1.54, 1.807) is 0 Å². The Labute approximate surface area is 125 Å². The molecule has 0 saturated heterocycles. The van der Waals surface area contributed by atoms with E-state index >= 15 is 0 Å². The molecule has 0 atom stereocenters. The summed E-state index contributed by atoms with van der Waals surface area (Å²) in [6.45, 7) is 0.990. The minimum atomic E-state index is -3.72. The fourth-order valence-corrected chi connectivity index (χ4v) is 2.89. The molecule has 0 saturated carbocycles. The van der Waals surface area contributed by atoms with Crippen molar-refractivity contribution in [1.82, 2.24) is 9.21 Å². The standard InChI is InChI=1S/C14H20FN3O2S/c1-17(2)9-10-18(3)21(19,20)14-7-6-13(15)11-12(14)5-4-8-16/h6-7,11H,8-10,16H2,1-3H3. The molecule has 0 unspecified atom stereocenters. The van der Waals surface area contributed by atoms with Gasteiger partial charge in [0.15, 0.2) is 0 Å². The Morgan fingerprint density at radius 2 is 1.90 bits per heavy atom. The van der Waals surface area contributed by atoms with Gasteiger partial charge in [-0.2, -0.15) is 4.31 Å². The first-order valence-electron chi connectivity index (χ1n) is 6.38. The van der Waals surface area contributed by atoms with Crippen molar-refractivity contribution in [3.63, 3.8) is 0 Å². The molecule has 0 aliphatic rings. The number of nitrogens with zero attached hydrogens (tertiary/aromatic N) is 2. The highest BCUT2D eigenvalue weighted by Crippen LogP contribution is 2.19. The maximum atomic E-state index is 13.3. The first-order chi connectivity index (χ1) is 9.78. The summed E-state index contributed by atoms with van der Waals surface area (Å²) < 4.78 is 39.6. The van der Waals surface area contributed by atoms with Crippen molar-refractivity contribution in [2.24, 2.45) is 5.73 Å². The van der Waals surface area contributed by atoms with Gasteiger partial charge in [-0.3, -0.25) is 0 Å². The zero-order valence-electron chi connectivity index (χ0n) is 12.4. The van der Waals surface area contributed by atoms with E-state index < -0.39 is 15.8 Å². The van der Waals surface area contributed by atoms with Gasteiger partial charge >= 0.3 is 0 Å². The smallest absolute Gasteiger partial charge is 0.244 e. The molecule has 1 aromatic carbocycles. The quantitative estimate of drug-likeness (QED) is 0.795. The monoisotopic (exact) mass is 313 g/mol. The van der Waals surface area contributed by atoms with Crippen LogP contribution in [0.5, 0.6) is 0 Å². The summed E-state index contributed by atoms with van der Waals surface area (Å²) in [4.78, 5) is 1.87. The van der Waals surface area contributed by atoms with Crippen LogP contribution < -0.4 is 5.73 Å². The lowest BCUT2D eigenvalue weighted by atomic mass is 10.2. The Balaban J connectivity index is 3.18. The van der Waals surface area contributed by atoms with Gasteiger partial charge < -0.3 is 10.6 Å². The van der Waals surface area contributed by atoms with Crippen LogP contribution in [0.1, 0.15) is 5.56 Å². The highest BCUT2D eigenvalue weighted by Gasteiger charge is 2.23. The number of nitrogens with two attached hydrogens (primary N) is 1. The summed E-state index contributed by atoms with van der Waals surface area (Å²) in [6, 6.07) is 3.45. The maximum Gasteiger partial charge on any atom is 0.244 e. The van der Waals surface area contributed by atoms with E-state index in [0.29, 0.717) is 13.1 Å². The highest BCUT2D eigenvalue weighted by atomic mass is 32.2. The lowest BCUT2D eigenvalue weighted by molar-refractivity contribution is 0.358. The summed E-state index contributed by atoms with van der Waals surface area (Å²) in [5.74, 6) is 4.63. The Kier molecular flexibility index (Phi) is 6.30. The van der Waals surface area contributed by atoms with Gasteiger partial charge in [-0.05, 0) is 32.3 Å². The van der Waals surface area contributed by atoms with Crippen LogP contribution in [-0.2, 0) is 10.0 Å². The van der Waals surface area contributed by atoms with Crippen molar-refractivity contribution >= 4 is 10.0 Å². The first-order valence-corrected chi connectivity index (χ1v) is 7.82. The van der Waals surface area contributed by atoms with Crippen molar-refractivity contribution in [3.05, 3.63) is 29.6 Å². The number of hydrogen-bond donors (Lipinski definition) is 1. The molecule has 21 heavy (non-hydrogen) atoms. The molecule has 0 aromatic heterocycles. The van der Waals surface area contributed by atoms with E-state index in [1.807, 2.05) is 19.0 Å². The Hall–Kier alpha value is -1.46. The van der Waals surface area contributed by atoms with Crippen LogP contribution in [0.3, 0.4) is 0 Å². The van der Waals surface area contributed by atoms with Gasteiger partial charge in [-0.15, -0.1) is 0 Å². The minimum absolute atomic E-state index is 0.00824. The Bertz CT molecular complexity index is 648. The lowest BCUT2D eigenvalue weighted by Gasteiger charge is -2.20. The highest BCUT2D eigenvalue weighted by molar-refractivity contribution is 7.89. The van der Waals surface area contributed by atoms with Crippen LogP contribution in [-0.4, -0.2) is 58.4 Å². The molecule has 0 spiro atoms. The molecule has 1 rings (SSSR count). The van der Waals surface area contributed by atoms with Gasteiger partial charge in [0, 0.05) is 25.7 Å². The fourth-order valence-electron chi connectivity index (χ4n) is 1.60. The van der Waals surface area contributed by atoms with Crippen LogP contribution in [0.25, 0.3) is 0 Å². The van der Waals surface area contributed by atoms with Gasteiger partial charge in [0.25, 0.3) is 0 Å². The zero-order valence-corrected chi connectivity index (χ0v) is 13.2. The normalized spacial score (nSPS) is 11.6. The third kappa shape index (κ3) is 4.79. The molecule has 0 bridgehead atoms. The molecule has 0 aliphatic carbocycles. The summed E-state index contributed by atoms with van der Waals surface area (Å²) in [5, 5.41) is 0. The average molecular weight is 313 g/mol. The van der Waals surface area contributed by atoms with Crippen molar-refractivity contribution in [2.45, 2.75) is 4.90 Å². The van der Waals surface area contributed by atoms with Gasteiger partial charge in [-0.1, -0.05) is 11.8 Å². The minimum Gasteiger partial charge on any atom is -0.320 e. The largest absolute Gasteiger partial charge is 0.320 e. The summed E-state index contributed by atoms with van der Waals surface area (Å²) >= 11 is 0. The van der Waals surface area contributed by atoms with Crippen molar-refractivity contribution in [2.75, 3.05) is 40.8 Å². The van der Waals surface area contributed by atoms with E-state index in [1.165, 1.54) is 17.4 Å². The number of rotatable bonds is 5. The molecule has 116 valence electrons. The number of halogens is 1. The molecule has 2 N–H and O–H groups in total. The molecule has 1 aromatic rings. The SMILES string of the molecule is CN(C)CCN(C)S(=O)(=O)c1ccc(F)cc1C#CCN. The zero-order chi connectivity index (χ0) is 16.0. The fraction of sp³-hybridized carbons (Fsp3) is 0.429. The van der Waals surface area contributed by atoms with Crippen LogP contribution in [0.4, 0.5) is 4.39 Å². The predicted molar refractivity (Wildman–Crippen MR) is 80.7 cm³/mol. The topological polar surface area (TPSA) is 66.6 Å². The number of benzene rings is 1. The molecule has 0 fully saturated rings. The number of hydrogen-bond acceptors (Lipinski definition) is 4. The van der Waals surface area contributed by atoms with Crippen LogP contribution >= 0.6 is 0 Å². The second kappa shape index (κ2) is 7.52. The second-order valence-electron chi connectivity index (χ2n) is 4.78. The third-order valence-electron chi connectivity index (χ3n) is 2.82. The molecular formula is C14H20FN3O2S. The van der Waals surface area contributed by atoms with Gasteiger partial charge in [0.2, 0.25) is 10.0 Å². The second-order valence-corrected chi connectivity index (χ2v) is 6.79. The maximum absolute atomic E-state index is 13.3. The molecular weight excluding hydrogens is 293 g/mol. The molecule has 0 aliphatic heterocycles. The van der Waals surface area contributed by atoms with E-state index in [-0.39, 0.29) is 17.0 Å². The van der Waals surface area contributed by atoms with Crippen LogP contribution in [0, 0.1) is 17.7 Å². The number of sulfonamides is 1.